The Morgan fingerprint density at radius 3 is 2.17 bits per heavy atom. The van der Waals surface area contributed by atoms with Gasteiger partial charge in [-0.1, -0.05) is 39.0 Å². The van der Waals surface area contributed by atoms with Crippen LogP contribution in [-0.4, -0.2) is 23.1 Å². The zero-order chi connectivity index (χ0) is 17.7. The molecule has 1 amide bonds. The molecule has 1 aromatic carbocycles. The van der Waals surface area contributed by atoms with E-state index < -0.39 is 11.7 Å². The maximum atomic E-state index is 12.1. The third kappa shape index (κ3) is 6.61. The molecular weight excluding hydrogens is 286 g/mol. The van der Waals surface area contributed by atoms with E-state index in [1.807, 2.05) is 32.9 Å². The summed E-state index contributed by atoms with van der Waals surface area (Å²) >= 11 is 0. The molecule has 0 aliphatic carbocycles. The highest BCUT2D eigenvalue weighted by atomic mass is 16.6. The molecule has 0 aromatic heterocycles. The van der Waals surface area contributed by atoms with Crippen molar-refractivity contribution in [2.75, 3.05) is 6.54 Å². The van der Waals surface area contributed by atoms with Gasteiger partial charge in [0.15, 0.2) is 0 Å². The van der Waals surface area contributed by atoms with Crippen LogP contribution in [0.25, 0.3) is 0 Å². The van der Waals surface area contributed by atoms with E-state index in [0.29, 0.717) is 6.54 Å². The van der Waals surface area contributed by atoms with Gasteiger partial charge in [-0.3, -0.25) is 0 Å². The van der Waals surface area contributed by atoms with Gasteiger partial charge in [-0.15, -0.1) is 6.58 Å². The van der Waals surface area contributed by atoms with E-state index in [2.05, 4.69) is 51.4 Å². The molecule has 1 rings (SSSR count). The van der Waals surface area contributed by atoms with Gasteiger partial charge in [0.2, 0.25) is 0 Å². The third-order valence-corrected chi connectivity index (χ3v) is 3.01. The lowest BCUT2D eigenvalue weighted by Gasteiger charge is -2.23. The first-order chi connectivity index (χ1) is 10.5. The molecule has 3 heteroatoms. The molecule has 0 unspecified atom stereocenters. The van der Waals surface area contributed by atoms with Crippen molar-refractivity contribution < 1.29 is 9.53 Å². The van der Waals surface area contributed by atoms with E-state index in [-0.39, 0.29) is 5.41 Å². The molecule has 124 valence electrons. The molecule has 0 fully saturated rings. The quantitative estimate of drug-likeness (QED) is 0.449. The Bertz CT molecular complexity index is 604. The summed E-state index contributed by atoms with van der Waals surface area (Å²) in [6, 6.07) is 10.9. The van der Waals surface area contributed by atoms with Crippen LogP contribution in [0.3, 0.4) is 0 Å². The van der Waals surface area contributed by atoms with Crippen molar-refractivity contribution in [3.63, 3.8) is 0 Å². The van der Waals surface area contributed by atoms with E-state index >= 15 is 0 Å². The molecular formula is C20H27NO2. The Hall–Kier alpha value is -2.21. The summed E-state index contributed by atoms with van der Waals surface area (Å²) in [4.78, 5) is 13.4. The third-order valence-electron chi connectivity index (χ3n) is 3.01. The van der Waals surface area contributed by atoms with Gasteiger partial charge >= 0.3 is 6.09 Å². The van der Waals surface area contributed by atoms with Crippen molar-refractivity contribution in [3.05, 3.63) is 48.0 Å². The molecule has 0 saturated heterocycles. The van der Waals surface area contributed by atoms with Crippen molar-refractivity contribution in [1.82, 2.24) is 4.90 Å². The van der Waals surface area contributed by atoms with Crippen LogP contribution < -0.4 is 0 Å². The minimum absolute atomic E-state index is 0.108. The van der Waals surface area contributed by atoms with Gasteiger partial charge < -0.3 is 4.74 Å². The molecule has 0 aliphatic rings. The summed E-state index contributed by atoms with van der Waals surface area (Å²) in [7, 11) is 0. The highest BCUT2D eigenvalue weighted by molar-refractivity contribution is 5.70. The second-order valence-corrected chi connectivity index (χ2v) is 7.44. The predicted molar refractivity (Wildman–Crippen MR) is 95.2 cm³/mol. The lowest BCUT2D eigenvalue weighted by Crippen LogP contribution is -2.34. The first-order valence-corrected chi connectivity index (χ1v) is 7.76. The van der Waals surface area contributed by atoms with Crippen LogP contribution in [0.1, 0.15) is 52.7 Å². The number of ether oxygens (including phenoxy) is 1. The van der Waals surface area contributed by atoms with Crippen molar-refractivity contribution in [3.8, 4) is 12.0 Å². The minimum Gasteiger partial charge on any atom is -0.443 e. The Kier molecular flexibility index (Phi) is 6.04. The Labute approximate surface area is 140 Å². The predicted octanol–water partition coefficient (Wildman–Crippen LogP) is 4.72. The lowest BCUT2D eigenvalue weighted by atomic mass is 9.87. The SMILES string of the molecule is C=CCN(C#Cc1ccc(C(C)(C)C)cc1)C(=O)OC(C)(C)C. The number of amides is 1. The molecule has 0 radical (unpaired) electrons. The number of carbonyl (C=O) groups is 1. The number of carbonyl (C=O) groups excluding carboxylic acids is 1. The van der Waals surface area contributed by atoms with Crippen LogP contribution in [0.15, 0.2) is 36.9 Å². The van der Waals surface area contributed by atoms with Gasteiger partial charge in [0.05, 0.1) is 6.54 Å². The highest BCUT2D eigenvalue weighted by Crippen LogP contribution is 2.21. The van der Waals surface area contributed by atoms with E-state index in [1.165, 1.54) is 10.5 Å². The van der Waals surface area contributed by atoms with Crippen LogP contribution in [0.4, 0.5) is 4.79 Å². The summed E-state index contributed by atoms with van der Waals surface area (Å²) in [5.41, 5.74) is 1.66. The van der Waals surface area contributed by atoms with Gasteiger partial charge in [-0.25, -0.2) is 9.69 Å². The lowest BCUT2D eigenvalue weighted by molar-refractivity contribution is 0.0368. The van der Waals surface area contributed by atoms with Gasteiger partial charge in [0.1, 0.15) is 5.60 Å². The molecule has 0 spiro atoms. The van der Waals surface area contributed by atoms with Crippen molar-refractivity contribution >= 4 is 6.09 Å². The van der Waals surface area contributed by atoms with Gasteiger partial charge in [0.25, 0.3) is 0 Å². The number of nitrogens with zero attached hydrogens (tertiary/aromatic N) is 1. The largest absolute Gasteiger partial charge is 0.443 e. The maximum absolute atomic E-state index is 12.1. The van der Waals surface area contributed by atoms with Crippen molar-refractivity contribution in [2.24, 2.45) is 0 Å². The van der Waals surface area contributed by atoms with Crippen LogP contribution >= 0.6 is 0 Å². The Balaban J connectivity index is 2.91. The Morgan fingerprint density at radius 2 is 1.74 bits per heavy atom. The van der Waals surface area contributed by atoms with E-state index in [1.54, 1.807) is 6.08 Å². The first-order valence-electron chi connectivity index (χ1n) is 7.76. The summed E-state index contributed by atoms with van der Waals surface area (Å²) < 4.78 is 5.34. The number of benzene rings is 1. The van der Waals surface area contributed by atoms with Gasteiger partial charge in [0, 0.05) is 11.6 Å². The minimum atomic E-state index is -0.549. The van der Waals surface area contributed by atoms with E-state index in [9.17, 15) is 4.79 Å². The van der Waals surface area contributed by atoms with E-state index in [0.717, 1.165) is 5.56 Å². The fourth-order valence-electron chi connectivity index (χ4n) is 1.80. The maximum Gasteiger partial charge on any atom is 0.422 e. The molecule has 0 saturated carbocycles. The number of hydrogen-bond donors (Lipinski definition) is 0. The fraction of sp³-hybridized carbons (Fsp3) is 0.450. The molecule has 0 N–H and O–H groups in total. The number of rotatable bonds is 2. The van der Waals surface area contributed by atoms with Crippen LogP contribution in [-0.2, 0) is 10.2 Å². The molecule has 0 heterocycles. The highest BCUT2D eigenvalue weighted by Gasteiger charge is 2.20. The smallest absolute Gasteiger partial charge is 0.422 e. The monoisotopic (exact) mass is 313 g/mol. The second kappa shape index (κ2) is 7.37. The zero-order valence-electron chi connectivity index (χ0n) is 15.1. The topological polar surface area (TPSA) is 29.5 Å². The zero-order valence-corrected chi connectivity index (χ0v) is 15.1. The van der Waals surface area contributed by atoms with Gasteiger partial charge in [-0.2, -0.15) is 0 Å². The fourth-order valence-corrected chi connectivity index (χ4v) is 1.80. The molecule has 0 atom stereocenters. The van der Waals surface area contributed by atoms with Gasteiger partial charge in [-0.05, 0) is 49.8 Å². The summed E-state index contributed by atoms with van der Waals surface area (Å²) in [5.74, 6) is 3.00. The first kappa shape index (κ1) is 18.8. The van der Waals surface area contributed by atoms with Crippen molar-refractivity contribution in [2.45, 2.75) is 52.6 Å². The van der Waals surface area contributed by atoms with Crippen LogP contribution in [0.5, 0.6) is 0 Å². The van der Waals surface area contributed by atoms with E-state index in [4.69, 9.17) is 4.74 Å². The summed E-state index contributed by atoms with van der Waals surface area (Å²) in [6.07, 6.45) is 1.16. The summed E-state index contributed by atoms with van der Waals surface area (Å²) in [6.45, 7) is 16.0. The average molecular weight is 313 g/mol. The van der Waals surface area contributed by atoms with Crippen molar-refractivity contribution in [1.29, 1.82) is 0 Å². The molecule has 3 nitrogen and oxygen atoms in total. The van der Waals surface area contributed by atoms with Crippen LogP contribution in [0, 0.1) is 12.0 Å². The second-order valence-electron chi connectivity index (χ2n) is 7.44. The number of hydrogen-bond acceptors (Lipinski definition) is 2. The normalized spacial score (nSPS) is 11.2. The average Bonchev–Trinajstić information content (AvgIpc) is 2.41. The van der Waals surface area contributed by atoms with Crippen LogP contribution in [0.2, 0.25) is 0 Å². The molecule has 1 aromatic rings. The Morgan fingerprint density at radius 1 is 1.17 bits per heavy atom. The molecule has 0 bridgehead atoms. The summed E-state index contributed by atoms with van der Waals surface area (Å²) in [5, 5.41) is 0. The molecule has 23 heavy (non-hydrogen) atoms. The molecule has 0 aliphatic heterocycles. The standard InChI is InChI=1S/C20H27NO2/c1-8-14-21(18(22)23-20(5,6)7)15-13-16-9-11-17(12-10-16)19(2,3)4/h8-12H,1,14H2,2-7H3.